The molecule has 6 heteroatoms. The van der Waals surface area contributed by atoms with Crippen molar-refractivity contribution in [3.63, 3.8) is 0 Å². The molecule has 0 aliphatic carbocycles. The van der Waals surface area contributed by atoms with Gasteiger partial charge in [0.2, 0.25) is 0 Å². The van der Waals surface area contributed by atoms with E-state index in [1.165, 1.54) is 18.3 Å². The van der Waals surface area contributed by atoms with Gasteiger partial charge in [-0.25, -0.2) is 0 Å². The Morgan fingerprint density at radius 1 is 1.57 bits per heavy atom. The zero-order valence-electron chi connectivity index (χ0n) is 7.64. The molecule has 0 aliphatic rings. The molecule has 0 amide bonds. The van der Waals surface area contributed by atoms with E-state index in [9.17, 15) is 13.2 Å². The molecule has 0 fully saturated rings. The largest absolute Gasteiger partial charge is 0.390 e. The van der Waals surface area contributed by atoms with Gasteiger partial charge in [-0.15, -0.1) is 11.3 Å². The SMILES string of the molecule is CC(CC(F)(F)F)NCc1cncs1. The molecule has 80 valence electrons. The van der Waals surface area contributed by atoms with Crippen LogP contribution < -0.4 is 5.32 Å². The van der Waals surface area contributed by atoms with Crippen molar-refractivity contribution in [2.24, 2.45) is 0 Å². The number of aromatic nitrogens is 1. The molecule has 1 rings (SSSR count). The lowest BCUT2D eigenvalue weighted by atomic mass is 10.2. The maximum Gasteiger partial charge on any atom is 0.390 e. The van der Waals surface area contributed by atoms with Gasteiger partial charge < -0.3 is 5.32 Å². The van der Waals surface area contributed by atoms with Crippen LogP contribution in [0.25, 0.3) is 0 Å². The molecule has 14 heavy (non-hydrogen) atoms. The molecule has 0 bridgehead atoms. The van der Waals surface area contributed by atoms with Crippen LogP contribution >= 0.6 is 11.3 Å². The third-order valence-electron chi connectivity index (χ3n) is 1.65. The van der Waals surface area contributed by atoms with E-state index in [1.54, 1.807) is 11.7 Å². The summed E-state index contributed by atoms with van der Waals surface area (Å²) < 4.78 is 35.8. The predicted octanol–water partition coefficient (Wildman–Crippen LogP) is 2.57. The van der Waals surface area contributed by atoms with Gasteiger partial charge >= 0.3 is 6.18 Å². The summed E-state index contributed by atoms with van der Waals surface area (Å²) in [6.07, 6.45) is -3.25. The number of nitrogens with one attached hydrogen (secondary N) is 1. The van der Waals surface area contributed by atoms with Crippen LogP contribution in [0.4, 0.5) is 13.2 Å². The van der Waals surface area contributed by atoms with Crippen molar-refractivity contribution in [1.29, 1.82) is 0 Å². The van der Waals surface area contributed by atoms with E-state index in [-0.39, 0.29) is 0 Å². The van der Waals surface area contributed by atoms with Crippen LogP contribution in [-0.4, -0.2) is 17.2 Å². The summed E-state index contributed by atoms with van der Waals surface area (Å²) in [6.45, 7) is 1.97. The van der Waals surface area contributed by atoms with E-state index in [0.717, 1.165) is 4.88 Å². The minimum atomic E-state index is -4.10. The summed E-state index contributed by atoms with van der Waals surface area (Å²) in [4.78, 5) is 4.77. The highest BCUT2D eigenvalue weighted by Crippen LogP contribution is 2.21. The molecule has 0 aromatic carbocycles. The first kappa shape index (κ1) is 11.5. The maximum absolute atomic E-state index is 11.9. The Labute approximate surface area is 84.2 Å². The predicted molar refractivity (Wildman–Crippen MR) is 49.1 cm³/mol. The number of halogens is 3. The molecule has 2 nitrogen and oxygen atoms in total. The molecule has 1 heterocycles. The fourth-order valence-electron chi connectivity index (χ4n) is 1.02. The number of nitrogens with zero attached hydrogens (tertiary/aromatic N) is 1. The van der Waals surface area contributed by atoms with Gasteiger partial charge in [0, 0.05) is 23.7 Å². The topological polar surface area (TPSA) is 24.9 Å². The quantitative estimate of drug-likeness (QED) is 0.850. The van der Waals surface area contributed by atoms with Gasteiger partial charge in [-0.3, -0.25) is 4.98 Å². The third kappa shape index (κ3) is 4.57. The number of thiazole rings is 1. The molecule has 0 saturated heterocycles. The summed E-state index contributed by atoms with van der Waals surface area (Å²) in [6, 6.07) is -0.558. The third-order valence-corrected chi connectivity index (χ3v) is 2.43. The highest BCUT2D eigenvalue weighted by atomic mass is 32.1. The molecular weight excluding hydrogens is 213 g/mol. The maximum atomic E-state index is 11.9. The van der Waals surface area contributed by atoms with Gasteiger partial charge in [0.15, 0.2) is 0 Å². The van der Waals surface area contributed by atoms with Crippen LogP contribution in [0.2, 0.25) is 0 Å². The van der Waals surface area contributed by atoms with Crippen molar-refractivity contribution in [2.45, 2.75) is 32.1 Å². The number of hydrogen-bond acceptors (Lipinski definition) is 3. The van der Waals surface area contributed by atoms with Gasteiger partial charge in [0.1, 0.15) is 0 Å². The lowest BCUT2D eigenvalue weighted by Crippen LogP contribution is -2.30. The molecule has 1 aromatic heterocycles. The van der Waals surface area contributed by atoms with Gasteiger partial charge in [0.05, 0.1) is 11.9 Å². The molecular formula is C8H11F3N2S. The Bertz CT molecular complexity index is 258. The molecule has 0 saturated carbocycles. The van der Waals surface area contributed by atoms with Crippen LogP contribution in [0.15, 0.2) is 11.7 Å². The van der Waals surface area contributed by atoms with Crippen molar-refractivity contribution in [2.75, 3.05) is 0 Å². The Balaban J connectivity index is 2.25. The average Bonchev–Trinajstić information content (AvgIpc) is 2.49. The van der Waals surface area contributed by atoms with E-state index in [4.69, 9.17) is 0 Å². The second-order valence-electron chi connectivity index (χ2n) is 3.07. The van der Waals surface area contributed by atoms with Crippen LogP contribution in [0.1, 0.15) is 18.2 Å². The summed E-state index contributed by atoms with van der Waals surface area (Å²) in [7, 11) is 0. The van der Waals surface area contributed by atoms with Crippen molar-refractivity contribution in [1.82, 2.24) is 10.3 Å². The minimum absolute atomic E-state index is 0.446. The van der Waals surface area contributed by atoms with Crippen molar-refractivity contribution >= 4 is 11.3 Å². The standard InChI is InChI=1S/C8H11F3N2S/c1-6(2-8(9,10)11)13-4-7-3-12-5-14-7/h3,5-6,13H,2,4H2,1H3. The Morgan fingerprint density at radius 3 is 2.79 bits per heavy atom. The number of alkyl halides is 3. The van der Waals surface area contributed by atoms with Crippen LogP contribution in [0, 0.1) is 0 Å². The summed E-state index contributed by atoms with van der Waals surface area (Å²) in [5.74, 6) is 0. The van der Waals surface area contributed by atoms with Gasteiger partial charge in [0.25, 0.3) is 0 Å². The highest BCUT2D eigenvalue weighted by molar-refractivity contribution is 7.09. The second kappa shape index (κ2) is 4.75. The Hall–Kier alpha value is -0.620. The lowest BCUT2D eigenvalue weighted by molar-refractivity contribution is -0.139. The minimum Gasteiger partial charge on any atom is -0.309 e. The smallest absolute Gasteiger partial charge is 0.309 e. The van der Waals surface area contributed by atoms with E-state index in [2.05, 4.69) is 10.3 Å². The molecule has 0 radical (unpaired) electrons. The van der Waals surface area contributed by atoms with Crippen molar-refractivity contribution in [3.8, 4) is 0 Å². The van der Waals surface area contributed by atoms with Crippen LogP contribution in [0.3, 0.4) is 0 Å². The summed E-state index contributed by atoms with van der Waals surface area (Å²) >= 11 is 1.43. The monoisotopic (exact) mass is 224 g/mol. The van der Waals surface area contributed by atoms with Crippen molar-refractivity contribution in [3.05, 3.63) is 16.6 Å². The van der Waals surface area contributed by atoms with Crippen LogP contribution in [-0.2, 0) is 6.54 Å². The van der Waals surface area contributed by atoms with Gasteiger partial charge in [-0.2, -0.15) is 13.2 Å². The lowest BCUT2D eigenvalue weighted by Gasteiger charge is -2.14. The second-order valence-corrected chi connectivity index (χ2v) is 4.04. The van der Waals surface area contributed by atoms with E-state index in [1.807, 2.05) is 0 Å². The molecule has 0 spiro atoms. The van der Waals surface area contributed by atoms with Crippen molar-refractivity contribution < 1.29 is 13.2 Å². The first-order valence-electron chi connectivity index (χ1n) is 4.15. The summed E-state index contributed by atoms with van der Waals surface area (Å²) in [5.41, 5.74) is 1.66. The molecule has 1 atom stereocenters. The van der Waals surface area contributed by atoms with Crippen LogP contribution in [0.5, 0.6) is 0 Å². The first-order chi connectivity index (χ1) is 6.47. The average molecular weight is 224 g/mol. The fraction of sp³-hybridized carbons (Fsp3) is 0.625. The fourth-order valence-corrected chi connectivity index (χ4v) is 1.57. The molecule has 1 unspecified atom stereocenters. The highest BCUT2D eigenvalue weighted by Gasteiger charge is 2.29. The number of hydrogen-bond donors (Lipinski definition) is 1. The summed E-state index contributed by atoms with van der Waals surface area (Å²) in [5, 5.41) is 2.79. The van der Waals surface area contributed by atoms with Gasteiger partial charge in [-0.05, 0) is 6.92 Å². The molecule has 0 aliphatic heterocycles. The zero-order valence-corrected chi connectivity index (χ0v) is 8.45. The van der Waals surface area contributed by atoms with E-state index < -0.39 is 18.6 Å². The van der Waals surface area contributed by atoms with E-state index in [0.29, 0.717) is 6.54 Å². The first-order valence-corrected chi connectivity index (χ1v) is 5.03. The van der Waals surface area contributed by atoms with Gasteiger partial charge in [-0.1, -0.05) is 0 Å². The van der Waals surface area contributed by atoms with E-state index >= 15 is 0 Å². The Kier molecular flexibility index (Phi) is 3.88. The Morgan fingerprint density at radius 2 is 2.29 bits per heavy atom. The molecule has 1 aromatic rings. The molecule has 1 N–H and O–H groups in total. The zero-order chi connectivity index (χ0) is 10.6. The number of rotatable bonds is 4. The normalized spacial score (nSPS) is 14.3.